The highest BCUT2D eigenvalue weighted by Gasteiger charge is 2.25. The molecule has 1 atom stereocenters. The van der Waals surface area contributed by atoms with Gasteiger partial charge in [-0.3, -0.25) is 10.1 Å². The van der Waals surface area contributed by atoms with Gasteiger partial charge in [-0.25, -0.2) is 4.79 Å². The Morgan fingerprint density at radius 2 is 2.33 bits per heavy atom. The van der Waals surface area contributed by atoms with Crippen LogP contribution in [-0.2, 0) is 9.47 Å². The quantitative estimate of drug-likeness (QED) is 0.509. The van der Waals surface area contributed by atoms with Crippen LogP contribution in [0, 0.1) is 17.0 Å². The molecular formula is C14H18N2O5. The largest absolute Gasteiger partial charge is 0.465 e. The third-order valence-corrected chi connectivity index (χ3v) is 3.45. The zero-order valence-corrected chi connectivity index (χ0v) is 12.0. The summed E-state index contributed by atoms with van der Waals surface area (Å²) in [5, 5.41) is 14.3. The number of rotatable bonds is 5. The number of aryl methyl sites for hydroxylation is 1. The molecule has 7 heteroatoms. The molecule has 1 fully saturated rings. The molecule has 2 rings (SSSR count). The number of ether oxygens (including phenoxy) is 2. The lowest BCUT2D eigenvalue weighted by molar-refractivity contribution is -0.385. The molecule has 0 amide bonds. The Bertz CT molecular complexity index is 553. The average Bonchev–Trinajstić information content (AvgIpc) is 2.96. The average molecular weight is 294 g/mol. The van der Waals surface area contributed by atoms with Crippen LogP contribution in [0.2, 0.25) is 0 Å². The molecule has 0 spiro atoms. The van der Waals surface area contributed by atoms with E-state index >= 15 is 0 Å². The predicted molar refractivity (Wildman–Crippen MR) is 76.6 cm³/mol. The molecule has 0 aliphatic carbocycles. The van der Waals surface area contributed by atoms with E-state index in [2.05, 4.69) is 10.1 Å². The summed E-state index contributed by atoms with van der Waals surface area (Å²) in [4.78, 5) is 22.3. The molecule has 1 heterocycles. The summed E-state index contributed by atoms with van der Waals surface area (Å²) in [7, 11) is 1.20. The zero-order chi connectivity index (χ0) is 15.4. The Morgan fingerprint density at radius 1 is 1.57 bits per heavy atom. The SMILES string of the molecule is COC(=O)c1cc(NC[C@H]2CCCO2)cc(C)c1[N+](=O)[O-]. The molecule has 0 aromatic heterocycles. The van der Waals surface area contributed by atoms with Crippen molar-refractivity contribution in [2.45, 2.75) is 25.9 Å². The van der Waals surface area contributed by atoms with Gasteiger partial charge in [0.15, 0.2) is 0 Å². The molecule has 0 unspecified atom stereocenters. The minimum absolute atomic E-state index is 0.0441. The van der Waals surface area contributed by atoms with Gasteiger partial charge in [0.2, 0.25) is 0 Å². The van der Waals surface area contributed by atoms with Crippen LogP contribution in [0.5, 0.6) is 0 Å². The van der Waals surface area contributed by atoms with Gasteiger partial charge in [0, 0.05) is 24.4 Å². The monoisotopic (exact) mass is 294 g/mol. The van der Waals surface area contributed by atoms with Crippen molar-refractivity contribution in [3.63, 3.8) is 0 Å². The maximum Gasteiger partial charge on any atom is 0.344 e. The van der Waals surface area contributed by atoms with E-state index in [9.17, 15) is 14.9 Å². The summed E-state index contributed by atoms with van der Waals surface area (Å²) in [6.07, 6.45) is 2.17. The van der Waals surface area contributed by atoms with Crippen LogP contribution < -0.4 is 5.32 Å². The van der Waals surface area contributed by atoms with Gasteiger partial charge in [0.05, 0.1) is 18.1 Å². The fraction of sp³-hybridized carbons (Fsp3) is 0.500. The third-order valence-electron chi connectivity index (χ3n) is 3.45. The van der Waals surface area contributed by atoms with Crippen molar-refractivity contribution in [2.24, 2.45) is 0 Å². The number of nitrogens with one attached hydrogen (secondary N) is 1. The van der Waals surface area contributed by atoms with Crippen LogP contribution in [0.3, 0.4) is 0 Å². The maximum atomic E-state index is 11.7. The first-order chi connectivity index (χ1) is 10.0. The van der Waals surface area contributed by atoms with Gasteiger partial charge in [0.25, 0.3) is 5.69 Å². The number of esters is 1. The first kappa shape index (κ1) is 15.2. The second-order valence-electron chi connectivity index (χ2n) is 4.95. The maximum absolute atomic E-state index is 11.7. The van der Waals surface area contributed by atoms with E-state index in [0.717, 1.165) is 19.4 Å². The fourth-order valence-electron chi connectivity index (χ4n) is 2.43. The molecule has 0 bridgehead atoms. The Kier molecular flexibility index (Phi) is 4.74. The molecule has 1 N–H and O–H groups in total. The minimum atomic E-state index is -0.717. The first-order valence-electron chi connectivity index (χ1n) is 6.75. The number of methoxy groups -OCH3 is 1. The molecule has 1 aliphatic heterocycles. The topological polar surface area (TPSA) is 90.7 Å². The Hall–Kier alpha value is -2.15. The highest BCUT2D eigenvalue weighted by Crippen LogP contribution is 2.28. The van der Waals surface area contributed by atoms with Crippen LogP contribution in [0.1, 0.15) is 28.8 Å². The van der Waals surface area contributed by atoms with Gasteiger partial charge in [-0.05, 0) is 31.9 Å². The van der Waals surface area contributed by atoms with E-state index in [1.54, 1.807) is 13.0 Å². The minimum Gasteiger partial charge on any atom is -0.465 e. The van der Waals surface area contributed by atoms with Crippen molar-refractivity contribution in [3.8, 4) is 0 Å². The fourth-order valence-corrected chi connectivity index (χ4v) is 2.43. The van der Waals surface area contributed by atoms with Gasteiger partial charge in [-0.2, -0.15) is 0 Å². The second-order valence-corrected chi connectivity index (χ2v) is 4.95. The number of carbonyl (C=O) groups excluding carboxylic acids is 1. The molecular weight excluding hydrogens is 276 g/mol. The number of nitro groups is 1. The van der Waals surface area contributed by atoms with Crippen molar-refractivity contribution >= 4 is 17.3 Å². The first-order valence-corrected chi connectivity index (χ1v) is 6.75. The van der Waals surface area contributed by atoms with Gasteiger partial charge >= 0.3 is 5.97 Å². The smallest absolute Gasteiger partial charge is 0.344 e. The van der Waals surface area contributed by atoms with Crippen molar-refractivity contribution in [1.29, 1.82) is 0 Å². The number of nitrogens with zero attached hydrogens (tertiary/aromatic N) is 1. The lowest BCUT2D eigenvalue weighted by Gasteiger charge is -2.13. The number of benzene rings is 1. The summed E-state index contributed by atoms with van der Waals surface area (Å²) in [6, 6.07) is 3.10. The van der Waals surface area contributed by atoms with Crippen LogP contribution in [0.4, 0.5) is 11.4 Å². The summed E-state index contributed by atoms with van der Waals surface area (Å²) in [5.41, 5.74) is 0.800. The number of nitro benzene ring substituents is 1. The predicted octanol–water partition coefficient (Wildman–Crippen LogP) is 2.28. The summed E-state index contributed by atoms with van der Waals surface area (Å²) < 4.78 is 10.1. The molecule has 7 nitrogen and oxygen atoms in total. The normalized spacial score (nSPS) is 17.5. The van der Waals surface area contributed by atoms with Crippen LogP contribution >= 0.6 is 0 Å². The third kappa shape index (κ3) is 3.49. The van der Waals surface area contributed by atoms with Crippen molar-refractivity contribution < 1.29 is 19.2 Å². The van der Waals surface area contributed by atoms with Crippen LogP contribution in [0.15, 0.2) is 12.1 Å². The number of hydrogen-bond acceptors (Lipinski definition) is 6. The van der Waals surface area contributed by atoms with E-state index < -0.39 is 10.9 Å². The van der Waals surface area contributed by atoms with Crippen LogP contribution in [0.25, 0.3) is 0 Å². The molecule has 1 aromatic carbocycles. The van der Waals surface area contributed by atoms with E-state index in [1.165, 1.54) is 13.2 Å². The van der Waals surface area contributed by atoms with Crippen molar-refractivity contribution in [1.82, 2.24) is 0 Å². The van der Waals surface area contributed by atoms with Crippen molar-refractivity contribution in [3.05, 3.63) is 33.4 Å². The standard InChI is InChI=1S/C14H18N2O5/c1-9-6-10(15-8-11-4-3-5-21-11)7-12(14(17)20-2)13(9)16(18)19/h6-7,11,15H,3-5,8H2,1-2H3/t11-/m1/s1. The number of carbonyl (C=O) groups is 1. The highest BCUT2D eigenvalue weighted by atomic mass is 16.6. The summed E-state index contributed by atoms with van der Waals surface area (Å²) in [6.45, 7) is 2.97. The van der Waals surface area contributed by atoms with Crippen molar-refractivity contribution in [2.75, 3.05) is 25.6 Å². The van der Waals surface area contributed by atoms with E-state index in [4.69, 9.17) is 4.74 Å². The zero-order valence-electron chi connectivity index (χ0n) is 12.0. The Morgan fingerprint density at radius 3 is 2.90 bits per heavy atom. The molecule has 1 saturated heterocycles. The lowest BCUT2D eigenvalue weighted by atomic mass is 10.1. The highest BCUT2D eigenvalue weighted by molar-refractivity contribution is 5.95. The molecule has 0 radical (unpaired) electrons. The van der Waals surface area contributed by atoms with E-state index in [1.807, 2.05) is 0 Å². The second kappa shape index (κ2) is 6.53. The molecule has 21 heavy (non-hydrogen) atoms. The van der Waals surface area contributed by atoms with Crippen LogP contribution in [-0.4, -0.2) is 37.3 Å². The molecule has 114 valence electrons. The van der Waals surface area contributed by atoms with Gasteiger partial charge < -0.3 is 14.8 Å². The lowest BCUT2D eigenvalue weighted by Crippen LogP contribution is -2.19. The Labute approximate surface area is 122 Å². The van der Waals surface area contributed by atoms with Gasteiger partial charge in [-0.15, -0.1) is 0 Å². The molecule has 1 aromatic rings. The summed E-state index contributed by atoms with van der Waals surface area (Å²) >= 11 is 0. The van der Waals surface area contributed by atoms with E-state index in [0.29, 0.717) is 17.8 Å². The number of anilines is 1. The number of hydrogen-bond donors (Lipinski definition) is 1. The molecule has 0 saturated carbocycles. The summed E-state index contributed by atoms with van der Waals surface area (Å²) in [5.74, 6) is -0.717. The Balaban J connectivity index is 2.24. The van der Waals surface area contributed by atoms with Gasteiger partial charge in [-0.1, -0.05) is 0 Å². The van der Waals surface area contributed by atoms with E-state index in [-0.39, 0.29) is 17.4 Å². The molecule has 1 aliphatic rings. The van der Waals surface area contributed by atoms with Gasteiger partial charge in [0.1, 0.15) is 5.56 Å².